The van der Waals surface area contributed by atoms with Crippen LogP contribution in [0.3, 0.4) is 0 Å². The number of amides is 2. The number of hydrogen-bond acceptors (Lipinski definition) is 5. The summed E-state index contributed by atoms with van der Waals surface area (Å²) in [6.07, 6.45) is 1.26. The van der Waals surface area contributed by atoms with Crippen molar-refractivity contribution in [3.63, 3.8) is 0 Å². The number of anilines is 1. The molecule has 32 heavy (non-hydrogen) atoms. The monoisotopic (exact) mass is 470 g/mol. The van der Waals surface area contributed by atoms with E-state index in [1.807, 2.05) is 0 Å². The van der Waals surface area contributed by atoms with Crippen molar-refractivity contribution >= 4 is 58.5 Å². The topological polar surface area (TPSA) is 99.9 Å². The summed E-state index contributed by atoms with van der Waals surface area (Å²) in [5.74, 6) is -2.49. The Morgan fingerprint density at radius 1 is 1.12 bits per heavy atom. The predicted molar refractivity (Wildman–Crippen MR) is 119 cm³/mol. The molecule has 10 heteroatoms. The minimum Gasteiger partial charge on any atom is -0.478 e. The van der Waals surface area contributed by atoms with Crippen molar-refractivity contribution in [2.24, 2.45) is 0 Å². The zero-order valence-corrected chi connectivity index (χ0v) is 17.5. The molecule has 0 radical (unpaired) electrons. The molecule has 1 aliphatic rings. The van der Waals surface area contributed by atoms with E-state index in [1.54, 1.807) is 6.07 Å². The zero-order chi connectivity index (χ0) is 23.0. The maximum atomic E-state index is 13.2. The fourth-order valence-electron chi connectivity index (χ4n) is 3.05. The zero-order valence-electron chi connectivity index (χ0n) is 16.0. The summed E-state index contributed by atoms with van der Waals surface area (Å²) in [5.41, 5.74) is 0.521. The molecule has 0 spiro atoms. The molecule has 7 nitrogen and oxygen atoms in total. The maximum absolute atomic E-state index is 13.2. The largest absolute Gasteiger partial charge is 0.478 e. The Labute approximate surface area is 190 Å². The lowest BCUT2D eigenvalue weighted by molar-refractivity contribution is -0.122. The average molecular weight is 471 g/mol. The summed E-state index contributed by atoms with van der Waals surface area (Å²) in [5, 5.41) is 11.4. The van der Waals surface area contributed by atoms with E-state index in [0.29, 0.717) is 17.0 Å². The van der Waals surface area contributed by atoms with Crippen molar-refractivity contribution in [1.82, 2.24) is 5.32 Å². The highest BCUT2D eigenvalue weighted by molar-refractivity contribution is 7.80. The van der Waals surface area contributed by atoms with Gasteiger partial charge in [-0.25, -0.2) is 9.18 Å². The number of carbonyl (C=O) groups is 3. The van der Waals surface area contributed by atoms with E-state index >= 15 is 0 Å². The van der Waals surface area contributed by atoms with Gasteiger partial charge in [-0.2, -0.15) is 0 Å². The van der Waals surface area contributed by atoms with Gasteiger partial charge in [-0.1, -0.05) is 17.7 Å². The van der Waals surface area contributed by atoms with Gasteiger partial charge in [-0.15, -0.1) is 0 Å². The number of carboxylic acids is 1. The van der Waals surface area contributed by atoms with Gasteiger partial charge < -0.3 is 9.52 Å². The van der Waals surface area contributed by atoms with Crippen LogP contribution in [-0.4, -0.2) is 28.0 Å². The molecule has 2 amide bonds. The molecule has 1 aliphatic heterocycles. The van der Waals surface area contributed by atoms with Crippen molar-refractivity contribution in [3.8, 4) is 11.3 Å². The normalized spacial score (nSPS) is 15.2. The molecule has 0 atom stereocenters. The van der Waals surface area contributed by atoms with Gasteiger partial charge in [0.2, 0.25) is 0 Å². The van der Waals surface area contributed by atoms with Crippen LogP contribution in [-0.2, 0) is 9.59 Å². The van der Waals surface area contributed by atoms with Crippen LogP contribution in [0.2, 0.25) is 5.02 Å². The van der Waals surface area contributed by atoms with Gasteiger partial charge >= 0.3 is 5.97 Å². The first-order chi connectivity index (χ1) is 15.2. The number of carboxylic acid groups (broad SMARTS) is 1. The van der Waals surface area contributed by atoms with Crippen LogP contribution >= 0.6 is 23.8 Å². The summed E-state index contributed by atoms with van der Waals surface area (Å²) in [6.45, 7) is 0. The van der Waals surface area contributed by atoms with Crippen molar-refractivity contribution in [2.75, 3.05) is 4.90 Å². The number of halogens is 2. The van der Waals surface area contributed by atoms with Crippen molar-refractivity contribution in [3.05, 3.63) is 82.3 Å². The van der Waals surface area contributed by atoms with E-state index in [4.69, 9.17) is 33.3 Å². The third-order valence-corrected chi connectivity index (χ3v) is 5.18. The predicted octanol–water partition coefficient (Wildman–Crippen LogP) is 4.27. The third kappa shape index (κ3) is 4.03. The molecule has 0 bridgehead atoms. The number of carbonyl (C=O) groups excluding carboxylic acids is 2. The molecule has 0 unspecified atom stereocenters. The standard InChI is InChI=1S/C22H12ClFN2O5S/c23-17-9-11(1-7-15(17)21(29)30)18-8-6-14(31-18)10-16-19(27)25-22(32)26(20(16)28)13-4-2-12(24)3-5-13/h1-10H,(H,29,30)(H,25,27,32)/b16-10+. The van der Waals surface area contributed by atoms with E-state index in [1.165, 1.54) is 54.6 Å². The summed E-state index contributed by atoms with van der Waals surface area (Å²) >= 11 is 11.1. The van der Waals surface area contributed by atoms with E-state index in [9.17, 15) is 18.8 Å². The van der Waals surface area contributed by atoms with E-state index in [2.05, 4.69) is 5.32 Å². The minimum atomic E-state index is -1.16. The maximum Gasteiger partial charge on any atom is 0.337 e. The number of aromatic carboxylic acids is 1. The number of hydrogen-bond donors (Lipinski definition) is 2. The van der Waals surface area contributed by atoms with E-state index in [0.717, 1.165) is 4.90 Å². The Morgan fingerprint density at radius 2 is 1.84 bits per heavy atom. The molecule has 0 saturated carbocycles. The average Bonchev–Trinajstić information content (AvgIpc) is 3.21. The van der Waals surface area contributed by atoms with Gasteiger partial charge in [-0.05, 0) is 66.8 Å². The van der Waals surface area contributed by atoms with Crippen LogP contribution in [0, 0.1) is 5.82 Å². The highest BCUT2D eigenvalue weighted by atomic mass is 35.5. The first-order valence-electron chi connectivity index (χ1n) is 9.04. The molecule has 2 N–H and O–H groups in total. The van der Waals surface area contributed by atoms with Crippen molar-refractivity contribution in [1.29, 1.82) is 0 Å². The van der Waals surface area contributed by atoms with Crippen molar-refractivity contribution in [2.45, 2.75) is 0 Å². The van der Waals surface area contributed by atoms with Crippen LogP contribution in [0.4, 0.5) is 10.1 Å². The van der Waals surface area contributed by atoms with Gasteiger partial charge in [0, 0.05) is 5.56 Å². The van der Waals surface area contributed by atoms with Gasteiger partial charge in [-0.3, -0.25) is 19.8 Å². The molecule has 0 aliphatic carbocycles. The molecule has 2 heterocycles. The lowest BCUT2D eigenvalue weighted by Crippen LogP contribution is -2.54. The molecule has 3 aromatic rings. The second kappa shape index (κ2) is 8.37. The number of furan rings is 1. The molecule has 160 valence electrons. The molecule has 1 saturated heterocycles. The Balaban J connectivity index is 1.65. The van der Waals surface area contributed by atoms with Gasteiger partial charge in [0.1, 0.15) is 22.9 Å². The van der Waals surface area contributed by atoms with Gasteiger partial charge in [0.15, 0.2) is 5.11 Å². The van der Waals surface area contributed by atoms with Gasteiger partial charge in [0.25, 0.3) is 11.8 Å². The Hall–Kier alpha value is -3.82. The summed E-state index contributed by atoms with van der Waals surface area (Å²) in [7, 11) is 0. The summed E-state index contributed by atoms with van der Waals surface area (Å²) in [4.78, 5) is 37.5. The van der Waals surface area contributed by atoms with Crippen LogP contribution in [0.25, 0.3) is 17.4 Å². The molecule has 4 rings (SSSR count). The molecule has 1 fully saturated rings. The highest BCUT2D eigenvalue weighted by Crippen LogP contribution is 2.29. The molecular weight excluding hydrogens is 459 g/mol. The first-order valence-corrected chi connectivity index (χ1v) is 9.83. The van der Waals surface area contributed by atoms with Crippen LogP contribution in [0.5, 0.6) is 0 Å². The smallest absolute Gasteiger partial charge is 0.337 e. The Bertz CT molecular complexity index is 1320. The van der Waals surface area contributed by atoms with E-state index in [-0.39, 0.29) is 27.0 Å². The van der Waals surface area contributed by atoms with Crippen LogP contribution < -0.4 is 10.2 Å². The second-order valence-electron chi connectivity index (χ2n) is 6.64. The van der Waals surface area contributed by atoms with E-state index < -0.39 is 23.6 Å². The third-order valence-electron chi connectivity index (χ3n) is 4.58. The lowest BCUT2D eigenvalue weighted by Gasteiger charge is -2.28. The number of nitrogens with zero attached hydrogens (tertiary/aromatic N) is 1. The summed E-state index contributed by atoms with van der Waals surface area (Å²) < 4.78 is 18.9. The number of rotatable bonds is 4. The fourth-order valence-corrected chi connectivity index (χ4v) is 3.59. The quantitative estimate of drug-likeness (QED) is 0.335. The van der Waals surface area contributed by atoms with Gasteiger partial charge in [0.05, 0.1) is 16.3 Å². The second-order valence-corrected chi connectivity index (χ2v) is 7.43. The lowest BCUT2D eigenvalue weighted by atomic mass is 10.1. The van der Waals surface area contributed by atoms with Crippen LogP contribution in [0.15, 0.2) is 64.6 Å². The first kappa shape index (κ1) is 21.4. The van der Waals surface area contributed by atoms with Crippen molar-refractivity contribution < 1.29 is 28.3 Å². The number of benzene rings is 2. The molecule has 1 aromatic heterocycles. The summed E-state index contributed by atoms with van der Waals surface area (Å²) in [6, 6.07) is 12.5. The molecule has 2 aromatic carbocycles. The Kier molecular flexibility index (Phi) is 5.60. The SMILES string of the molecule is O=C1NC(=S)N(c2ccc(F)cc2)C(=O)/C1=C/c1ccc(-c2ccc(C(=O)O)c(Cl)c2)o1. The number of nitrogens with one attached hydrogen (secondary N) is 1. The van der Waals surface area contributed by atoms with Crippen LogP contribution in [0.1, 0.15) is 16.1 Å². The minimum absolute atomic E-state index is 0.0385. The number of thiocarbonyl (C=S) groups is 1. The molecular formula is C22H12ClFN2O5S. The highest BCUT2D eigenvalue weighted by Gasteiger charge is 2.34. The Morgan fingerprint density at radius 3 is 2.50 bits per heavy atom. The fraction of sp³-hybridized carbons (Fsp3) is 0.